The van der Waals surface area contributed by atoms with Crippen molar-refractivity contribution in [2.75, 3.05) is 13.2 Å². The van der Waals surface area contributed by atoms with Crippen LogP contribution in [0.15, 0.2) is 0 Å². The highest BCUT2D eigenvalue weighted by Crippen LogP contribution is 2.25. The number of aliphatic hydroxyl groups is 4. The first-order valence-electron chi connectivity index (χ1n) is 5.22. The molecule has 0 aliphatic heterocycles. The van der Waals surface area contributed by atoms with Crippen molar-refractivity contribution in [2.45, 2.75) is 28.1 Å². The predicted molar refractivity (Wildman–Crippen MR) is 69.7 cm³/mol. The molecule has 0 unspecified atom stereocenters. The number of aldehydes is 1. The zero-order valence-electron chi connectivity index (χ0n) is 9.95. The molecule has 118 valence electrons. The van der Waals surface area contributed by atoms with Crippen molar-refractivity contribution in [3.8, 4) is 0 Å². The molecule has 5 N–H and O–H groups in total. The molecule has 0 saturated carbocycles. The second-order valence-corrected chi connectivity index (χ2v) is 6.24. The minimum absolute atomic E-state index is 0.106. The first kappa shape index (κ1) is 19.7. The van der Waals surface area contributed by atoms with Gasteiger partial charge in [0.15, 0.2) is 0 Å². The number of ether oxygens (including phenoxy) is 1. The molecular weight excluding hydrogens is 340 g/mol. The molecule has 4 atom stereocenters. The standard InChI is InChI=1S/C9H14Cl3NO7/c10-9(11,12)3-20-8(19)13-4(1-14)6(17)7(18)5(16)2-15/h1,4-7,15-18H,2-3H2,(H,13,19)/t4-,5-,6-,7-/m1/s1. The van der Waals surface area contributed by atoms with Crippen molar-refractivity contribution in [1.29, 1.82) is 0 Å². The van der Waals surface area contributed by atoms with E-state index in [1.807, 2.05) is 5.32 Å². The van der Waals surface area contributed by atoms with Gasteiger partial charge in [-0.2, -0.15) is 0 Å². The minimum Gasteiger partial charge on any atom is -0.445 e. The molecule has 8 nitrogen and oxygen atoms in total. The summed E-state index contributed by atoms with van der Waals surface area (Å²) in [6, 6.07) is -1.59. The lowest BCUT2D eigenvalue weighted by Gasteiger charge is -2.26. The third kappa shape index (κ3) is 7.44. The second-order valence-electron chi connectivity index (χ2n) is 3.73. The number of rotatable bonds is 7. The summed E-state index contributed by atoms with van der Waals surface area (Å²) < 4.78 is 2.60. The van der Waals surface area contributed by atoms with Crippen molar-refractivity contribution < 1.29 is 34.8 Å². The molecule has 20 heavy (non-hydrogen) atoms. The van der Waals surface area contributed by atoms with Crippen molar-refractivity contribution in [3.63, 3.8) is 0 Å². The first-order valence-corrected chi connectivity index (χ1v) is 6.36. The number of halogens is 3. The fraction of sp³-hybridized carbons (Fsp3) is 0.778. The van der Waals surface area contributed by atoms with Crippen LogP contribution < -0.4 is 5.32 Å². The summed E-state index contributed by atoms with van der Waals surface area (Å²) in [5, 5.41) is 38.5. The van der Waals surface area contributed by atoms with Gasteiger partial charge >= 0.3 is 6.09 Å². The van der Waals surface area contributed by atoms with E-state index in [1.165, 1.54) is 0 Å². The number of hydrogen-bond donors (Lipinski definition) is 5. The Bertz CT molecular complexity index is 325. The Morgan fingerprint density at radius 2 is 1.80 bits per heavy atom. The molecule has 0 spiro atoms. The molecule has 11 heteroatoms. The molecular formula is C9H14Cl3NO7. The molecule has 0 aliphatic rings. The minimum atomic E-state index is -1.87. The maximum atomic E-state index is 11.3. The van der Waals surface area contributed by atoms with Gasteiger partial charge in [-0.15, -0.1) is 0 Å². The molecule has 0 saturated heterocycles. The van der Waals surface area contributed by atoms with E-state index in [-0.39, 0.29) is 6.29 Å². The van der Waals surface area contributed by atoms with Crippen LogP contribution >= 0.6 is 34.8 Å². The van der Waals surface area contributed by atoms with E-state index in [4.69, 9.17) is 45.0 Å². The van der Waals surface area contributed by atoms with E-state index in [1.54, 1.807) is 0 Å². The van der Waals surface area contributed by atoms with Crippen LogP contribution in [-0.2, 0) is 9.53 Å². The van der Waals surface area contributed by atoms with Crippen molar-refractivity contribution >= 4 is 47.2 Å². The molecule has 0 aliphatic carbocycles. The largest absolute Gasteiger partial charge is 0.445 e. The summed E-state index contributed by atoms with van der Waals surface area (Å²) in [7, 11) is 0. The Morgan fingerprint density at radius 1 is 1.25 bits per heavy atom. The lowest BCUT2D eigenvalue weighted by atomic mass is 10.0. The Hall–Kier alpha value is -0.350. The van der Waals surface area contributed by atoms with Crippen LogP contribution in [0.3, 0.4) is 0 Å². The average molecular weight is 355 g/mol. The van der Waals surface area contributed by atoms with E-state index >= 15 is 0 Å². The number of amides is 1. The third-order valence-corrected chi connectivity index (χ3v) is 2.42. The van der Waals surface area contributed by atoms with E-state index in [2.05, 4.69) is 4.74 Å². The molecule has 0 fully saturated rings. The van der Waals surface area contributed by atoms with Crippen LogP contribution in [0.5, 0.6) is 0 Å². The summed E-state index contributed by atoms with van der Waals surface area (Å²) >= 11 is 16.0. The Kier molecular flexibility index (Phi) is 8.68. The van der Waals surface area contributed by atoms with Crippen molar-refractivity contribution in [3.05, 3.63) is 0 Å². The highest BCUT2D eigenvalue weighted by atomic mass is 35.6. The fourth-order valence-electron chi connectivity index (χ4n) is 1.07. The van der Waals surface area contributed by atoms with Gasteiger partial charge in [0, 0.05) is 0 Å². The first-order chi connectivity index (χ1) is 9.12. The van der Waals surface area contributed by atoms with Gasteiger partial charge in [-0.25, -0.2) is 4.79 Å². The van der Waals surface area contributed by atoms with Crippen LogP contribution in [0.2, 0.25) is 0 Å². The molecule has 0 aromatic carbocycles. The highest BCUT2D eigenvalue weighted by Gasteiger charge is 2.32. The number of aliphatic hydroxyl groups excluding tert-OH is 4. The maximum Gasteiger partial charge on any atom is 0.407 e. The van der Waals surface area contributed by atoms with Gasteiger partial charge in [0.1, 0.15) is 37.2 Å². The third-order valence-electron chi connectivity index (χ3n) is 2.10. The summed E-state index contributed by atoms with van der Waals surface area (Å²) in [5.41, 5.74) is 0. The molecule has 0 radical (unpaired) electrons. The van der Waals surface area contributed by atoms with E-state index in [0.29, 0.717) is 0 Å². The molecule has 0 bridgehead atoms. The molecule has 0 heterocycles. The van der Waals surface area contributed by atoms with Crippen molar-refractivity contribution in [1.82, 2.24) is 5.32 Å². The normalized spacial score (nSPS) is 17.8. The summed E-state index contributed by atoms with van der Waals surface area (Å²) in [4.78, 5) is 22.0. The van der Waals surface area contributed by atoms with Crippen LogP contribution in [0, 0.1) is 0 Å². The smallest absolute Gasteiger partial charge is 0.407 e. The highest BCUT2D eigenvalue weighted by molar-refractivity contribution is 6.67. The van der Waals surface area contributed by atoms with Crippen LogP contribution in [0.1, 0.15) is 0 Å². The van der Waals surface area contributed by atoms with Gasteiger partial charge in [-0.1, -0.05) is 34.8 Å². The summed E-state index contributed by atoms with van der Waals surface area (Å²) in [6.07, 6.45) is -6.49. The van der Waals surface area contributed by atoms with Crippen LogP contribution in [0.4, 0.5) is 4.79 Å². The number of carbonyl (C=O) groups excluding carboxylic acids is 2. The SMILES string of the molecule is O=C[C@@H](NC(=O)OCC(Cl)(Cl)Cl)[C@@H](O)[C@H](O)[C@H](O)CO. The van der Waals surface area contributed by atoms with Gasteiger partial charge in [0.25, 0.3) is 0 Å². The average Bonchev–Trinajstić information content (AvgIpc) is 2.39. The van der Waals surface area contributed by atoms with Gasteiger partial charge in [0.2, 0.25) is 3.79 Å². The van der Waals surface area contributed by atoms with E-state index in [9.17, 15) is 19.8 Å². The molecule has 0 aromatic rings. The monoisotopic (exact) mass is 353 g/mol. The quantitative estimate of drug-likeness (QED) is 0.284. The van der Waals surface area contributed by atoms with E-state index in [0.717, 1.165) is 0 Å². The topological polar surface area (TPSA) is 136 Å². The van der Waals surface area contributed by atoms with Gasteiger partial charge < -0.3 is 35.3 Å². The molecule has 0 rings (SSSR count). The predicted octanol–water partition coefficient (Wildman–Crippen LogP) is -1.27. The Balaban J connectivity index is 4.46. The lowest BCUT2D eigenvalue weighted by Crippen LogP contribution is -2.53. The number of carbonyl (C=O) groups is 2. The zero-order valence-corrected chi connectivity index (χ0v) is 12.2. The second kappa shape index (κ2) is 8.83. The number of alkyl carbamates (subject to hydrolysis) is 1. The van der Waals surface area contributed by atoms with Crippen LogP contribution in [-0.4, -0.2) is 74.2 Å². The number of nitrogens with one attached hydrogen (secondary N) is 1. The van der Waals surface area contributed by atoms with Gasteiger partial charge in [0.05, 0.1) is 6.61 Å². The number of hydrogen-bond acceptors (Lipinski definition) is 7. The summed E-state index contributed by atoms with van der Waals surface area (Å²) in [5.74, 6) is 0. The Labute approximate surface area is 129 Å². The molecule has 1 amide bonds. The van der Waals surface area contributed by atoms with Crippen LogP contribution in [0.25, 0.3) is 0 Å². The zero-order chi connectivity index (χ0) is 15.9. The fourth-order valence-corrected chi connectivity index (χ4v) is 1.24. The maximum absolute atomic E-state index is 11.3. The van der Waals surface area contributed by atoms with Gasteiger partial charge in [-0.3, -0.25) is 0 Å². The van der Waals surface area contributed by atoms with E-state index < -0.39 is 47.5 Å². The van der Waals surface area contributed by atoms with Crippen molar-refractivity contribution in [2.24, 2.45) is 0 Å². The molecule has 0 aromatic heterocycles. The summed E-state index contributed by atoms with van der Waals surface area (Å²) in [6.45, 7) is -1.45. The Morgan fingerprint density at radius 3 is 2.20 bits per heavy atom. The number of alkyl halides is 3. The van der Waals surface area contributed by atoms with Gasteiger partial charge in [-0.05, 0) is 0 Å². The lowest BCUT2D eigenvalue weighted by molar-refractivity contribution is -0.120.